The summed E-state index contributed by atoms with van der Waals surface area (Å²) >= 11 is 0. The fourth-order valence-corrected chi connectivity index (χ4v) is 2.49. The van der Waals surface area contributed by atoms with Gasteiger partial charge in [-0.05, 0) is 31.0 Å². The quantitative estimate of drug-likeness (QED) is 0.890. The van der Waals surface area contributed by atoms with Crippen LogP contribution in [0.1, 0.15) is 18.9 Å². The van der Waals surface area contributed by atoms with Gasteiger partial charge < -0.3 is 15.0 Å². The van der Waals surface area contributed by atoms with Gasteiger partial charge in [-0.3, -0.25) is 4.79 Å². The van der Waals surface area contributed by atoms with Crippen LogP contribution < -0.4 is 5.32 Å². The number of halogens is 1. The SMILES string of the molecule is CCN(Cc1cccc(F)c1)C(=O)C1CC(OC)CN1. The number of methoxy groups -OCH3 is 1. The molecule has 1 heterocycles. The number of carbonyl (C=O) groups excluding carboxylic acids is 1. The lowest BCUT2D eigenvalue weighted by Crippen LogP contribution is -2.43. The summed E-state index contributed by atoms with van der Waals surface area (Å²) < 4.78 is 18.4. The maximum Gasteiger partial charge on any atom is 0.240 e. The van der Waals surface area contributed by atoms with Gasteiger partial charge in [0, 0.05) is 26.7 Å². The third-order valence-corrected chi connectivity index (χ3v) is 3.68. The molecule has 2 atom stereocenters. The highest BCUT2D eigenvalue weighted by Gasteiger charge is 2.31. The highest BCUT2D eigenvalue weighted by molar-refractivity contribution is 5.82. The van der Waals surface area contributed by atoms with Gasteiger partial charge in [0.1, 0.15) is 5.82 Å². The van der Waals surface area contributed by atoms with E-state index in [1.54, 1.807) is 18.1 Å². The minimum Gasteiger partial charge on any atom is -0.380 e. The summed E-state index contributed by atoms with van der Waals surface area (Å²) in [6.07, 6.45) is 0.784. The van der Waals surface area contributed by atoms with Crippen molar-refractivity contribution < 1.29 is 13.9 Å². The van der Waals surface area contributed by atoms with Crippen molar-refractivity contribution in [2.45, 2.75) is 32.0 Å². The summed E-state index contributed by atoms with van der Waals surface area (Å²) in [4.78, 5) is 14.2. The predicted molar refractivity (Wildman–Crippen MR) is 74.7 cm³/mol. The number of nitrogens with zero attached hydrogens (tertiary/aromatic N) is 1. The Morgan fingerprint density at radius 1 is 1.55 bits per heavy atom. The monoisotopic (exact) mass is 280 g/mol. The number of carbonyl (C=O) groups is 1. The highest BCUT2D eigenvalue weighted by Crippen LogP contribution is 2.14. The summed E-state index contributed by atoms with van der Waals surface area (Å²) in [6, 6.07) is 6.17. The summed E-state index contributed by atoms with van der Waals surface area (Å²) in [5.41, 5.74) is 0.807. The molecule has 1 aliphatic rings. The topological polar surface area (TPSA) is 41.6 Å². The van der Waals surface area contributed by atoms with Gasteiger partial charge in [-0.25, -0.2) is 4.39 Å². The van der Waals surface area contributed by atoms with Crippen molar-refractivity contribution in [2.75, 3.05) is 20.2 Å². The Kier molecular flexibility index (Phi) is 5.09. The zero-order valence-electron chi connectivity index (χ0n) is 11.9. The minimum atomic E-state index is -0.274. The van der Waals surface area contributed by atoms with E-state index in [0.29, 0.717) is 26.1 Å². The Morgan fingerprint density at radius 3 is 2.95 bits per heavy atom. The van der Waals surface area contributed by atoms with Crippen LogP contribution in [0.25, 0.3) is 0 Å². The molecule has 2 unspecified atom stereocenters. The van der Waals surface area contributed by atoms with Crippen LogP contribution in [0.4, 0.5) is 4.39 Å². The van der Waals surface area contributed by atoms with Gasteiger partial charge in [-0.1, -0.05) is 12.1 Å². The molecule has 2 rings (SSSR count). The number of hydrogen-bond acceptors (Lipinski definition) is 3. The number of hydrogen-bond donors (Lipinski definition) is 1. The zero-order valence-corrected chi connectivity index (χ0v) is 11.9. The van der Waals surface area contributed by atoms with Gasteiger partial charge in [0.05, 0.1) is 12.1 Å². The van der Waals surface area contributed by atoms with Crippen molar-refractivity contribution >= 4 is 5.91 Å². The Hall–Kier alpha value is -1.46. The number of benzene rings is 1. The van der Waals surface area contributed by atoms with Crippen LogP contribution in [-0.2, 0) is 16.1 Å². The largest absolute Gasteiger partial charge is 0.380 e. The van der Waals surface area contributed by atoms with E-state index in [9.17, 15) is 9.18 Å². The molecule has 1 N–H and O–H groups in total. The van der Waals surface area contributed by atoms with Gasteiger partial charge in [0.2, 0.25) is 5.91 Å². The normalized spacial score (nSPS) is 21.9. The molecule has 0 radical (unpaired) electrons. The van der Waals surface area contributed by atoms with Crippen LogP contribution in [0.5, 0.6) is 0 Å². The van der Waals surface area contributed by atoms with Crippen LogP contribution >= 0.6 is 0 Å². The van der Waals surface area contributed by atoms with E-state index in [1.165, 1.54) is 12.1 Å². The van der Waals surface area contributed by atoms with E-state index >= 15 is 0 Å². The predicted octanol–water partition coefficient (Wildman–Crippen LogP) is 1.55. The molecular weight excluding hydrogens is 259 g/mol. The van der Waals surface area contributed by atoms with Crippen molar-refractivity contribution in [3.8, 4) is 0 Å². The molecule has 110 valence electrons. The van der Waals surface area contributed by atoms with Crippen molar-refractivity contribution in [2.24, 2.45) is 0 Å². The second kappa shape index (κ2) is 6.81. The molecule has 5 heteroatoms. The molecular formula is C15H21FN2O2. The maximum atomic E-state index is 13.2. The molecule has 0 aliphatic carbocycles. The second-order valence-electron chi connectivity index (χ2n) is 5.04. The molecule has 0 saturated carbocycles. The number of amides is 1. The molecule has 1 fully saturated rings. The second-order valence-corrected chi connectivity index (χ2v) is 5.04. The minimum absolute atomic E-state index is 0.0521. The average molecular weight is 280 g/mol. The van der Waals surface area contributed by atoms with Crippen molar-refractivity contribution in [3.05, 3.63) is 35.6 Å². The third kappa shape index (κ3) is 3.55. The van der Waals surface area contributed by atoms with Gasteiger partial charge in [-0.2, -0.15) is 0 Å². The first kappa shape index (κ1) is 14.9. The summed E-state index contributed by atoms with van der Waals surface area (Å²) in [5, 5.41) is 3.18. The Labute approximate surface area is 118 Å². The average Bonchev–Trinajstić information content (AvgIpc) is 2.93. The van der Waals surface area contributed by atoms with Crippen LogP contribution in [0.2, 0.25) is 0 Å². The summed E-state index contributed by atoms with van der Waals surface area (Å²) in [7, 11) is 1.66. The molecule has 0 bridgehead atoms. The van der Waals surface area contributed by atoms with Crippen molar-refractivity contribution in [1.82, 2.24) is 10.2 Å². The van der Waals surface area contributed by atoms with Crippen LogP contribution in [0.3, 0.4) is 0 Å². The fraction of sp³-hybridized carbons (Fsp3) is 0.533. The van der Waals surface area contributed by atoms with Gasteiger partial charge in [-0.15, -0.1) is 0 Å². The van der Waals surface area contributed by atoms with Crippen LogP contribution in [0.15, 0.2) is 24.3 Å². The van der Waals surface area contributed by atoms with E-state index in [-0.39, 0.29) is 23.9 Å². The molecule has 0 aromatic heterocycles. The number of ether oxygens (including phenoxy) is 1. The fourth-order valence-electron chi connectivity index (χ4n) is 2.49. The molecule has 4 nitrogen and oxygen atoms in total. The van der Waals surface area contributed by atoms with Gasteiger partial charge >= 0.3 is 0 Å². The maximum absolute atomic E-state index is 13.2. The Balaban J connectivity index is 1.99. The molecule has 1 aromatic rings. The standard InChI is InChI=1S/C15H21FN2O2/c1-3-18(10-11-5-4-6-12(16)7-11)15(19)14-8-13(20-2)9-17-14/h4-7,13-14,17H,3,8-10H2,1-2H3. The van der Waals surface area contributed by atoms with E-state index in [4.69, 9.17) is 4.74 Å². The van der Waals surface area contributed by atoms with E-state index in [0.717, 1.165) is 5.56 Å². The van der Waals surface area contributed by atoms with Gasteiger partial charge in [0.25, 0.3) is 0 Å². The van der Waals surface area contributed by atoms with Crippen molar-refractivity contribution in [3.63, 3.8) is 0 Å². The van der Waals surface area contributed by atoms with E-state index in [1.807, 2.05) is 13.0 Å². The lowest BCUT2D eigenvalue weighted by molar-refractivity contribution is -0.133. The molecule has 0 spiro atoms. The lowest BCUT2D eigenvalue weighted by Gasteiger charge is -2.24. The molecule has 1 saturated heterocycles. The van der Waals surface area contributed by atoms with E-state index in [2.05, 4.69) is 5.32 Å². The number of nitrogens with one attached hydrogen (secondary N) is 1. The smallest absolute Gasteiger partial charge is 0.240 e. The zero-order chi connectivity index (χ0) is 14.5. The first-order valence-corrected chi connectivity index (χ1v) is 6.93. The number of rotatable bonds is 5. The summed E-state index contributed by atoms with van der Waals surface area (Å²) in [5.74, 6) is -0.222. The Bertz CT molecular complexity index is 467. The van der Waals surface area contributed by atoms with Crippen LogP contribution in [0, 0.1) is 5.82 Å². The first-order chi connectivity index (χ1) is 9.63. The molecule has 1 amide bonds. The molecule has 1 aromatic carbocycles. The lowest BCUT2D eigenvalue weighted by atomic mass is 10.1. The van der Waals surface area contributed by atoms with Crippen molar-refractivity contribution in [1.29, 1.82) is 0 Å². The highest BCUT2D eigenvalue weighted by atomic mass is 19.1. The van der Waals surface area contributed by atoms with Gasteiger partial charge in [0.15, 0.2) is 0 Å². The third-order valence-electron chi connectivity index (χ3n) is 3.68. The Morgan fingerprint density at radius 2 is 2.35 bits per heavy atom. The summed E-state index contributed by atoms with van der Waals surface area (Å²) in [6.45, 7) is 3.67. The number of likely N-dealkylation sites (N-methyl/N-ethyl adjacent to an activating group) is 1. The van der Waals surface area contributed by atoms with E-state index < -0.39 is 0 Å². The molecule has 20 heavy (non-hydrogen) atoms. The van der Waals surface area contributed by atoms with Crippen LogP contribution in [-0.4, -0.2) is 43.2 Å². The molecule has 1 aliphatic heterocycles. The first-order valence-electron chi connectivity index (χ1n) is 6.93.